The van der Waals surface area contributed by atoms with Crippen LogP contribution in [0.1, 0.15) is 28.4 Å². The molecule has 0 saturated heterocycles. The van der Waals surface area contributed by atoms with Crippen molar-refractivity contribution in [1.29, 1.82) is 0 Å². The molecule has 0 spiro atoms. The number of nitrogens with zero attached hydrogens (tertiary/aromatic N) is 1. The number of carbonyl (C=O) groups is 1. The van der Waals surface area contributed by atoms with Gasteiger partial charge in [-0.25, -0.2) is 4.98 Å². The van der Waals surface area contributed by atoms with Gasteiger partial charge in [0.15, 0.2) is 5.58 Å². The lowest BCUT2D eigenvalue weighted by atomic mass is 9.91. The summed E-state index contributed by atoms with van der Waals surface area (Å²) in [5.74, 6) is 1.19. The Kier molecular flexibility index (Phi) is 5.10. The van der Waals surface area contributed by atoms with Crippen molar-refractivity contribution in [2.24, 2.45) is 0 Å². The Labute approximate surface area is 203 Å². The number of rotatable bonds is 5. The highest BCUT2D eigenvalue weighted by Gasteiger charge is 2.37. The van der Waals surface area contributed by atoms with Crippen LogP contribution in [0.3, 0.4) is 0 Å². The first-order valence-electron chi connectivity index (χ1n) is 11.7. The minimum Gasteiger partial charge on any atom is -0.484 e. The number of fused-ring (bicyclic) bond motifs is 2. The van der Waals surface area contributed by atoms with Crippen molar-refractivity contribution in [3.8, 4) is 17.2 Å². The average molecular weight is 461 g/mol. The highest BCUT2D eigenvalue weighted by molar-refractivity contribution is 6.05. The third kappa shape index (κ3) is 4.06. The van der Waals surface area contributed by atoms with Gasteiger partial charge in [-0.05, 0) is 43.3 Å². The molecule has 1 aliphatic heterocycles. The summed E-state index contributed by atoms with van der Waals surface area (Å²) >= 11 is 0. The number of benzene rings is 4. The van der Waals surface area contributed by atoms with Crippen molar-refractivity contribution >= 4 is 22.7 Å². The maximum atomic E-state index is 12.7. The lowest BCUT2D eigenvalue weighted by molar-refractivity contribution is 0.102. The maximum Gasteiger partial charge on any atom is 0.255 e. The summed E-state index contributed by atoms with van der Waals surface area (Å²) < 4.78 is 12.7. The van der Waals surface area contributed by atoms with Crippen LogP contribution in [0.2, 0.25) is 0 Å². The molecular formula is C30H24N2O3. The molecule has 1 aliphatic rings. The molecule has 0 fully saturated rings. The minimum absolute atomic E-state index is 0.156. The molecule has 1 amide bonds. The van der Waals surface area contributed by atoms with Crippen LogP contribution in [-0.2, 0) is 12.8 Å². The Balaban J connectivity index is 1.27. The van der Waals surface area contributed by atoms with Crippen LogP contribution in [0, 0.1) is 0 Å². The fourth-order valence-electron chi connectivity index (χ4n) is 4.76. The van der Waals surface area contributed by atoms with Crippen LogP contribution < -0.4 is 10.1 Å². The number of hydrogen-bond acceptors (Lipinski definition) is 4. The molecule has 6 rings (SSSR count). The number of oxazole rings is 1. The summed E-state index contributed by atoms with van der Waals surface area (Å²) in [6, 6.07) is 31.0. The molecule has 0 aliphatic carbocycles. The van der Waals surface area contributed by atoms with Gasteiger partial charge in [-0.3, -0.25) is 4.79 Å². The lowest BCUT2D eigenvalue weighted by Crippen LogP contribution is -2.33. The first kappa shape index (κ1) is 21.2. The van der Waals surface area contributed by atoms with E-state index in [1.165, 1.54) is 0 Å². The van der Waals surface area contributed by atoms with Crippen LogP contribution in [0.25, 0.3) is 22.6 Å². The topological polar surface area (TPSA) is 64.4 Å². The van der Waals surface area contributed by atoms with E-state index in [0.717, 1.165) is 40.0 Å². The summed E-state index contributed by atoms with van der Waals surface area (Å²) in [6.45, 7) is 2.10. The highest BCUT2D eigenvalue weighted by atomic mass is 16.5. The molecular weight excluding hydrogens is 436 g/mol. The highest BCUT2D eigenvalue weighted by Crippen LogP contribution is 2.43. The molecule has 4 aromatic carbocycles. The van der Waals surface area contributed by atoms with E-state index in [-0.39, 0.29) is 5.91 Å². The van der Waals surface area contributed by atoms with Gasteiger partial charge in [0, 0.05) is 35.1 Å². The number of hydrogen-bond donors (Lipinski definition) is 1. The van der Waals surface area contributed by atoms with Gasteiger partial charge in [0.1, 0.15) is 16.9 Å². The second kappa shape index (κ2) is 8.44. The standard InChI is InChI=1S/C30H24N2O3/c1-30(18-22-14-8-16-24-26(22)34-29(32-24)21-12-6-3-7-13-21)19-23-15-9-17-25(27(23)35-30)31-28(33)20-10-4-2-5-11-20/h2-17H,18-19H2,1H3,(H,31,33). The Morgan fingerprint density at radius 1 is 0.914 bits per heavy atom. The van der Waals surface area contributed by atoms with Crippen molar-refractivity contribution in [2.75, 3.05) is 5.32 Å². The number of aromatic nitrogens is 1. The molecule has 0 radical (unpaired) electrons. The number of para-hydroxylation sites is 2. The number of amides is 1. The molecule has 0 saturated carbocycles. The molecule has 5 aromatic rings. The molecule has 5 heteroatoms. The largest absolute Gasteiger partial charge is 0.484 e. The zero-order chi connectivity index (χ0) is 23.8. The molecule has 1 aromatic heterocycles. The Morgan fingerprint density at radius 3 is 2.46 bits per heavy atom. The van der Waals surface area contributed by atoms with Crippen LogP contribution in [0.5, 0.6) is 5.75 Å². The molecule has 5 nitrogen and oxygen atoms in total. The second-order valence-electron chi connectivity index (χ2n) is 9.17. The summed E-state index contributed by atoms with van der Waals surface area (Å²) in [7, 11) is 0. The molecule has 0 bridgehead atoms. The SMILES string of the molecule is CC1(Cc2cccc3nc(-c4ccccc4)oc23)Cc2cccc(NC(=O)c3ccccc3)c2O1. The predicted molar refractivity (Wildman–Crippen MR) is 137 cm³/mol. The summed E-state index contributed by atoms with van der Waals surface area (Å²) in [6.07, 6.45) is 1.38. The summed E-state index contributed by atoms with van der Waals surface area (Å²) in [4.78, 5) is 17.4. The van der Waals surface area contributed by atoms with Gasteiger partial charge in [-0.15, -0.1) is 0 Å². The third-order valence-corrected chi connectivity index (χ3v) is 6.38. The molecule has 1 N–H and O–H groups in total. The van der Waals surface area contributed by atoms with E-state index in [9.17, 15) is 4.79 Å². The van der Waals surface area contributed by atoms with E-state index in [1.54, 1.807) is 12.1 Å². The fraction of sp³-hybridized carbons (Fsp3) is 0.133. The van der Waals surface area contributed by atoms with Gasteiger partial charge in [-0.1, -0.05) is 60.7 Å². The Bertz CT molecular complexity index is 1530. The van der Waals surface area contributed by atoms with Gasteiger partial charge >= 0.3 is 0 Å². The second-order valence-corrected chi connectivity index (χ2v) is 9.17. The van der Waals surface area contributed by atoms with E-state index >= 15 is 0 Å². The van der Waals surface area contributed by atoms with Gasteiger partial charge in [0.25, 0.3) is 5.91 Å². The molecule has 35 heavy (non-hydrogen) atoms. The summed E-state index contributed by atoms with van der Waals surface area (Å²) in [5.41, 5.74) is 5.49. The Hall–Kier alpha value is -4.38. The zero-order valence-electron chi connectivity index (χ0n) is 19.3. The van der Waals surface area contributed by atoms with Crippen LogP contribution >= 0.6 is 0 Å². The van der Waals surface area contributed by atoms with E-state index < -0.39 is 5.60 Å². The monoisotopic (exact) mass is 460 g/mol. The van der Waals surface area contributed by atoms with E-state index in [0.29, 0.717) is 23.6 Å². The first-order valence-corrected chi connectivity index (χ1v) is 11.7. The Morgan fingerprint density at radius 2 is 1.66 bits per heavy atom. The fourth-order valence-corrected chi connectivity index (χ4v) is 4.76. The van der Waals surface area contributed by atoms with Crippen molar-refractivity contribution in [3.05, 3.63) is 114 Å². The molecule has 2 heterocycles. The van der Waals surface area contributed by atoms with Gasteiger partial charge in [0.05, 0.1) is 5.69 Å². The quantitative estimate of drug-likeness (QED) is 0.318. The number of ether oxygens (including phenoxy) is 1. The van der Waals surface area contributed by atoms with Crippen molar-refractivity contribution in [1.82, 2.24) is 4.98 Å². The number of carbonyl (C=O) groups excluding carboxylic acids is 1. The number of nitrogens with one attached hydrogen (secondary N) is 1. The summed E-state index contributed by atoms with van der Waals surface area (Å²) in [5, 5.41) is 3.02. The van der Waals surface area contributed by atoms with Gasteiger partial charge in [0.2, 0.25) is 5.89 Å². The number of anilines is 1. The average Bonchev–Trinajstić information content (AvgIpc) is 3.47. The van der Waals surface area contributed by atoms with E-state index in [1.807, 2.05) is 72.8 Å². The molecule has 1 atom stereocenters. The van der Waals surface area contributed by atoms with Crippen molar-refractivity contribution in [3.63, 3.8) is 0 Å². The maximum absolute atomic E-state index is 12.7. The van der Waals surface area contributed by atoms with Gasteiger partial charge < -0.3 is 14.5 Å². The minimum atomic E-state index is -0.482. The van der Waals surface area contributed by atoms with Crippen molar-refractivity contribution in [2.45, 2.75) is 25.4 Å². The van der Waals surface area contributed by atoms with Crippen LogP contribution in [0.15, 0.2) is 101 Å². The zero-order valence-corrected chi connectivity index (χ0v) is 19.3. The van der Waals surface area contributed by atoms with E-state index in [2.05, 4.69) is 24.4 Å². The third-order valence-electron chi connectivity index (χ3n) is 6.38. The predicted octanol–water partition coefficient (Wildman–Crippen LogP) is 6.68. The normalized spacial score (nSPS) is 16.6. The molecule has 1 unspecified atom stereocenters. The van der Waals surface area contributed by atoms with Crippen LogP contribution in [-0.4, -0.2) is 16.5 Å². The van der Waals surface area contributed by atoms with Crippen molar-refractivity contribution < 1.29 is 13.9 Å². The smallest absolute Gasteiger partial charge is 0.255 e. The van der Waals surface area contributed by atoms with Gasteiger partial charge in [-0.2, -0.15) is 0 Å². The lowest BCUT2D eigenvalue weighted by Gasteiger charge is -2.24. The molecule has 172 valence electrons. The van der Waals surface area contributed by atoms with Crippen LogP contribution in [0.4, 0.5) is 5.69 Å². The van der Waals surface area contributed by atoms with E-state index in [4.69, 9.17) is 14.1 Å². The first-order chi connectivity index (χ1) is 17.1.